The molecule has 7 heteroatoms. The number of amides is 2. The molecule has 0 saturated heterocycles. The van der Waals surface area contributed by atoms with Crippen LogP contribution >= 0.6 is 11.8 Å². The summed E-state index contributed by atoms with van der Waals surface area (Å²) in [6.45, 7) is 0. The highest BCUT2D eigenvalue weighted by atomic mass is 32.2. The summed E-state index contributed by atoms with van der Waals surface area (Å²) < 4.78 is 23.7. The van der Waals surface area contributed by atoms with Crippen molar-refractivity contribution >= 4 is 45.1 Å². The monoisotopic (exact) mass is 346 g/mol. The molecular weight excluding hydrogens is 332 g/mol. The van der Waals surface area contributed by atoms with E-state index in [0.717, 1.165) is 10.3 Å². The highest BCUT2D eigenvalue weighted by Crippen LogP contribution is 2.29. The maximum absolute atomic E-state index is 12.0. The molecule has 2 amide bonds. The van der Waals surface area contributed by atoms with E-state index in [1.165, 1.54) is 6.07 Å². The number of hydrogen-bond donors (Lipinski definition) is 2. The zero-order chi connectivity index (χ0) is 16.4. The molecule has 23 heavy (non-hydrogen) atoms. The smallest absolute Gasteiger partial charge is 0.308 e. The average molecular weight is 346 g/mol. The summed E-state index contributed by atoms with van der Waals surface area (Å²) in [5.41, 5.74) is 1.72. The van der Waals surface area contributed by atoms with Crippen molar-refractivity contribution in [2.24, 2.45) is 0 Å². The summed E-state index contributed by atoms with van der Waals surface area (Å²) in [6, 6.07) is 11.8. The van der Waals surface area contributed by atoms with E-state index < -0.39 is 15.9 Å². The van der Waals surface area contributed by atoms with Gasteiger partial charge in [-0.25, -0.2) is 13.2 Å². The second-order valence-corrected chi connectivity index (χ2v) is 7.59. The lowest BCUT2D eigenvalue weighted by Gasteiger charge is -2.09. The fraction of sp³-hybridized carbons (Fsp3) is 0.0625. The normalized spacial score (nSPS) is 14.3. The first-order valence-corrected chi connectivity index (χ1v) is 9.54. The molecule has 3 rings (SSSR count). The lowest BCUT2D eigenvalue weighted by molar-refractivity contribution is 0.262. The number of sulfone groups is 1. The molecule has 1 aliphatic rings. The van der Waals surface area contributed by atoms with Gasteiger partial charge in [-0.2, -0.15) is 0 Å². The molecule has 5 nitrogen and oxygen atoms in total. The Morgan fingerprint density at radius 3 is 2.52 bits per heavy atom. The molecule has 2 aromatic carbocycles. The van der Waals surface area contributed by atoms with Gasteiger partial charge in [-0.3, -0.25) is 0 Å². The molecule has 0 aliphatic carbocycles. The summed E-state index contributed by atoms with van der Waals surface area (Å²) in [5, 5.41) is 6.53. The number of anilines is 2. The third-order valence-electron chi connectivity index (χ3n) is 3.33. The molecule has 2 N–H and O–H groups in total. The molecule has 1 heterocycles. The van der Waals surface area contributed by atoms with Crippen molar-refractivity contribution in [3.05, 3.63) is 53.4 Å². The highest BCUT2D eigenvalue weighted by molar-refractivity contribution is 7.98. The van der Waals surface area contributed by atoms with E-state index >= 15 is 0 Å². The van der Waals surface area contributed by atoms with Crippen LogP contribution in [0.25, 0.3) is 6.08 Å². The van der Waals surface area contributed by atoms with Crippen molar-refractivity contribution < 1.29 is 13.2 Å². The minimum atomic E-state index is -3.39. The van der Waals surface area contributed by atoms with Gasteiger partial charge in [0.15, 0.2) is 0 Å². The minimum absolute atomic E-state index is 0.208. The van der Waals surface area contributed by atoms with Crippen LogP contribution in [0.5, 0.6) is 0 Å². The number of benzene rings is 2. The molecule has 2 aromatic rings. The Morgan fingerprint density at radius 1 is 1.04 bits per heavy atom. The second-order valence-electron chi connectivity index (χ2n) is 4.91. The van der Waals surface area contributed by atoms with Crippen molar-refractivity contribution in [3.8, 4) is 0 Å². The van der Waals surface area contributed by atoms with Crippen LogP contribution in [0.4, 0.5) is 16.2 Å². The van der Waals surface area contributed by atoms with E-state index in [0.29, 0.717) is 16.9 Å². The first kappa shape index (κ1) is 15.6. The van der Waals surface area contributed by atoms with Crippen molar-refractivity contribution in [1.29, 1.82) is 0 Å². The van der Waals surface area contributed by atoms with Crippen LogP contribution in [-0.4, -0.2) is 20.7 Å². The number of carbonyl (C=O) groups excluding carboxylic acids is 1. The molecule has 0 saturated carbocycles. The molecule has 118 valence electrons. The second kappa shape index (κ2) is 6.10. The summed E-state index contributed by atoms with van der Waals surface area (Å²) in [4.78, 5) is 13.3. The van der Waals surface area contributed by atoms with Crippen LogP contribution in [0.15, 0.2) is 57.7 Å². The molecule has 0 aromatic heterocycles. The number of thioether (sulfide) groups is 1. The zero-order valence-corrected chi connectivity index (χ0v) is 13.9. The van der Waals surface area contributed by atoms with Crippen molar-refractivity contribution in [2.75, 3.05) is 16.9 Å². The van der Waals surface area contributed by atoms with Gasteiger partial charge in [-0.05, 0) is 48.2 Å². The number of hydrogen-bond acceptors (Lipinski definition) is 4. The van der Waals surface area contributed by atoms with Crippen LogP contribution in [0.1, 0.15) is 5.56 Å². The van der Waals surface area contributed by atoms with Crippen molar-refractivity contribution in [1.82, 2.24) is 0 Å². The third kappa shape index (κ3) is 3.40. The largest absolute Gasteiger partial charge is 0.323 e. The summed E-state index contributed by atoms with van der Waals surface area (Å²) >= 11 is 1.58. The summed E-state index contributed by atoms with van der Waals surface area (Å²) in [5.74, 6) is 0. The van der Waals surface area contributed by atoms with Gasteiger partial charge in [-0.1, -0.05) is 12.1 Å². The van der Waals surface area contributed by atoms with Gasteiger partial charge in [0.25, 0.3) is 0 Å². The molecule has 0 atom stereocenters. The molecule has 0 fully saturated rings. The van der Waals surface area contributed by atoms with E-state index in [9.17, 15) is 13.2 Å². The molecule has 1 aliphatic heterocycles. The number of fused-ring (bicyclic) bond motifs is 1. The maximum atomic E-state index is 12.0. The fourth-order valence-electron chi connectivity index (χ4n) is 2.23. The van der Waals surface area contributed by atoms with Crippen LogP contribution in [-0.2, 0) is 9.84 Å². The van der Waals surface area contributed by atoms with Gasteiger partial charge < -0.3 is 10.6 Å². The van der Waals surface area contributed by atoms with Gasteiger partial charge in [0.2, 0.25) is 9.84 Å². The Hall–Kier alpha value is -2.25. The molecule has 0 radical (unpaired) electrons. The van der Waals surface area contributed by atoms with Crippen LogP contribution in [0.2, 0.25) is 0 Å². The van der Waals surface area contributed by atoms with Crippen LogP contribution in [0.3, 0.4) is 0 Å². The Kier molecular flexibility index (Phi) is 4.14. The molecular formula is C16H14N2O3S2. The quantitative estimate of drug-likeness (QED) is 0.829. The van der Waals surface area contributed by atoms with Crippen LogP contribution < -0.4 is 10.6 Å². The molecule has 0 unspecified atom stereocenters. The third-order valence-corrected chi connectivity index (χ3v) is 5.52. The predicted molar refractivity (Wildman–Crippen MR) is 93.5 cm³/mol. The van der Waals surface area contributed by atoms with E-state index in [-0.39, 0.29) is 4.90 Å². The molecule has 0 spiro atoms. The van der Waals surface area contributed by atoms with Crippen molar-refractivity contribution in [3.63, 3.8) is 0 Å². The number of carbonyl (C=O) groups is 1. The minimum Gasteiger partial charge on any atom is -0.308 e. The first-order valence-electron chi connectivity index (χ1n) is 6.77. The predicted octanol–water partition coefficient (Wildman–Crippen LogP) is 3.81. The van der Waals surface area contributed by atoms with Gasteiger partial charge in [0.1, 0.15) is 0 Å². The van der Waals surface area contributed by atoms with E-state index in [1.54, 1.807) is 36.0 Å². The number of rotatable bonds is 3. The Labute approximate surface area is 138 Å². The summed E-state index contributed by atoms with van der Waals surface area (Å²) in [7, 11) is -3.39. The summed E-state index contributed by atoms with van der Waals surface area (Å²) in [6.07, 6.45) is 3.50. The molecule has 0 bridgehead atoms. The SMILES string of the molecule is CSc1cccc(NC(=O)Nc2ccc3c(c2)S(=O)(=O)C=C3)c1. The number of urea groups is 1. The van der Waals surface area contributed by atoms with Crippen molar-refractivity contribution in [2.45, 2.75) is 9.79 Å². The van der Waals surface area contributed by atoms with Gasteiger partial charge in [-0.15, -0.1) is 11.8 Å². The Morgan fingerprint density at radius 2 is 1.78 bits per heavy atom. The number of nitrogens with one attached hydrogen (secondary N) is 2. The fourth-order valence-corrected chi connectivity index (χ4v) is 3.91. The van der Waals surface area contributed by atoms with Gasteiger partial charge in [0, 0.05) is 21.7 Å². The van der Waals surface area contributed by atoms with E-state index in [4.69, 9.17) is 0 Å². The zero-order valence-electron chi connectivity index (χ0n) is 12.2. The topological polar surface area (TPSA) is 75.3 Å². The first-order chi connectivity index (χ1) is 11.0. The lowest BCUT2D eigenvalue weighted by Crippen LogP contribution is -2.19. The Balaban J connectivity index is 1.74. The maximum Gasteiger partial charge on any atom is 0.323 e. The van der Waals surface area contributed by atoms with E-state index in [1.807, 2.05) is 24.5 Å². The van der Waals surface area contributed by atoms with Gasteiger partial charge in [0.05, 0.1) is 4.90 Å². The lowest BCUT2D eigenvalue weighted by atomic mass is 10.2. The van der Waals surface area contributed by atoms with E-state index in [2.05, 4.69) is 10.6 Å². The highest BCUT2D eigenvalue weighted by Gasteiger charge is 2.21. The average Bonchev–Trinajstić information content (AvgIpc) is 2.82. The van der Waals surface area contributed by atoms with Gasteiger partial charge >= 0.3 is 6.03 Å². The Bertz CT molecular complexity index is 905. The standard InChI is InChI=1S/C16H14N2O3S2/c1-22-14-4-2-3-12(9-14)17-16(19)18-13-6-5-11-7-8-23(20,21)15(11)10-13/h2-10H,1H3,(H2,17,18,19). The van der Waals surface area contributed by atoms with Crippen LogP contribution in [0, 0.1) is 0 Å².